The zero-order valence-electron chi connectivity index (χ0n) is 81.3. The molecule has 11 aromatic heterocycles. The molecule has 19 rings (SSSR count). The van der Waals surface area contributed by atoms with Crippen molar-refractivity contribution in [1.82, 2.24) is 76.7 Å². The summed E-state index contributed by atoms with van der Waals surface area (Å²) in [5.74, 6) is -2.45. The van der Waals surface area contributed by atoms with Gasteiger partial charge in [0.05, 0.1) is 83.1 Å². The summed E-state index contributed by atoms with van der Waals surface area (Å²) in [7, 11) is -12.0. The largest absolute Gasteiger partial charge is 0.389 e. The van der Waals surface area contributed by atoms with E-state index in [0.717, 1.165) is 130 Å². The minimum atomic E-state index is -4.01. The van der Waals surface area contributed by atoms with Gasteiger partial charge in [-0.05, 0) is 240 Å². The summed E-state index contributed by atoms with van der Waals surface area (Å²) in [4.78, 5) is 64.7. The number of aromatic nitrogens is 16. The molecule has 5 aliphatic rings. The van der Waals surface area contributed by atoms with Gasteiger partial charge in [-0.25, -0.2) is 114 Å². The molecule has 5 saturated carbocycles. The van der Waals surface area contributed by atoms with Crippen LogP contribution in [0.25, 0.3) is 67.3 Å². The van der Waals surface area contributed by atoms with Crippen LogP contribution in [-0.4, -0.2) is 181 Å². The molecule has 0 spiro atoms. The molecule has 11 heterocycles. The molecule has 0 radical (unpaired) electrons. The Kier molecular flexibility index (Phi) is 35.2. The van der Waals surface area contributed by atoms with Crippen molar-refractivity contribution in [1.29, 1.82) is 0 Å². The number of nitrogens with one attached hydrogen (secondary N) is 5. The first kappa shape index (κ1) is 111. The molecule has 9 N–H and O–H groups in total. The van der Waals surface area contributed by atoms with Gasteiger partial charge in [0.2, 0.25) is 10.6 Å². The lowest BCUT2D eigenvalue weighted by Gasteiger charge is -2.36. The first-order valence-electron chi connectivity index (χ1n) is 48.0. The zero-order valence-corrected chi connectivity index (χ0v) is 87.5. The van der Waals surface area contributed by atoms with E-state index in [1.807, 2.05) is 20.8 Å². The molecule has 0 saturated heterocycles. The first-order chi connectivity index (χ1) is 70.9. The average molecular weight is 2200 g/mol. The van der Waals surface area contributed by atoms with Gasteiger partial charge in [0, 0.05) is 113 Å². The van der Waals surface area contributed by atoms with E-state index in [4.69, 9.17) is 58.0 Å². The number of pyridine rings is 3. The lowest BCUT2D eigenvalue weighted by atomic mass is 9.80. The summed E-state index contributed by atoms with van der Waals surface area (Å²) >= 11 is 29.8. The second kappa shape index (κ2) is 47.4. The number of carbonyl (C=O) groups excluding carboxylic acids is 1. The Morgan fingerprint density at radius 2 is 0.611 bits per heavy atom. The van der Waals surface area contributed by atoms with Crippen molar-refractivity contribution in [2.45, 2.75) is 242 Å². The molecule has 5 aliphatic carbocycles. The molecule has 0 aliphatic heterocycles. The summed E-state index contributed by atoms with van der Waals surface area (Å²) in [5.41, 5.74) is 0.760. The van der Waals surface area contributed by atoms with E-state index in [1.165, 1.54) is 73.6 Å². The molecule has 5 fully saturated rings. The highest BCUT2D eigenvalue weighted by Gasteiger charge is 2.40. The van der Waals surface area contributed by atoms with Gasteiger partial charge in [0.1, 0.15) is 5.78 Å². The number of hydrogen-bond acceptors (Lipinski definition) is 29. The summed E-state index contributed by atoms with van der Waals surface area (Å²) in [5, 5.41) is 60.2. The molecule has 0 bridgehead atoms. The van der Waals surface area contributed by atoms with E-state index < -0.39 is 81.6 Å². The fraction of sp³-hybridized carbons (Fsp3) is 0.346. The quantitative estimate of drug-likeness (QED) is 0.0131. The number of carbonyl (C=O) groups is 1. The van der Waals surface area contributed by atoms with E-state index in [9.17, 15) is 72.4 Å². The van der Waals surface area contributed by atoms with Crippen LogP contribution in [0.15, 0.2) is 224 Å². The highest BCUT2D eigenvalue weighted by atomic mass is 35.5. The number of hydrogen-bond donors (Lipinski definition) is 9. The zero-order chi connectivity index (χ0) is 107. The Morgan fingerprint density at radius 3 is 0.872 bits per heavy atom. The molecule has 6 unspecified atom stereocenters. The number of halogens is 10. The minimum absolute atomic E-state index is 0.000984. The smallest absolute Gasteiger partial charge is 0.269 e. The summed E-state index contributed by atoms with van der Waals surface area (Å²) in [6.45, 7) is 20.4. The monoisotopic (exact) mass is 2190 g/mol. The van der Waals surface area contributed by atoms with Crippen molar-refractivity contribution in [3.05, 3.63) is 281 Å². The molecule has 784 valence electrons. The normalized spacial score (nSPS) is 20.9. The van der Waals surface area contributed by atoms with Crippen LogP contribution in [0.2, 0.25) is 25.6 Å². The van der Waals surface area contributed by atoms with Crippen molar-refractivity contribution in [3.8, 4) is 34.2 Å². The number of anilines is 5. The van der Waals surface area contributed by atoms with E-state index in [-0.39, 0.29) is 125 Å². The Bertz CT molecular complexity index is 7110. The van der Waals surface area contributed by atoms with Gasteiger partial charge in [0.15, 0.2) is 92.6 Å². The number of rotatable bonds is 27. The third kappa shape index (κ3) is 26.9. The van der Waals surface area contributed by atoms with Crippen LogP contribution >= 0.6 is 58.0 Å². The van der Waals surface area contributed by atoms with Crippen molar-refractivity contribution >= 4 is 156 Å². The van der Waals surface area contributed by atoms with Gasteiger partial charge in [-0.3, -0.25) is 4.79 Å². The predicted molar refractivity (Wildman–Crippen MR) is 566 cm³/mol. The number of Topliss-reactive ketones (excluding diaryl/α,β-unsaturated/α-hetero) is 1. The van der Waals surface area contributed by atoms with Gasteiger partial charge in [-0.1, -0.05) is 112 Å². The third-order valence-corrected chi connectivity index (χ3v) is 32.4. The van der Waals surface area contributed by atoms with Gasteiger partial charge >= 0.3 is 0 Å². The van der Waals surface area contributed by atoms with Crippen LogP contribution < -0.4 is 26.6 Å². The van der Waals surface area contributed by atoms with Gasteiger partial charge in [-0.15, -0.1) is 26.3 Å². The van der Waals surface area contributed by atoms with Crippen LogP contribution in [0.1, 0.15) is 171 Å². The summed E-state index contributed by atoms with van der Waals surface area (Å²) in [6, 6.07) is 23.5. The van der Waals surface area contributed by atoms with E-state index >= 15 is 0 Å². The minimum Gasteiger partial charge on any atom is -0.389 e. The van der Waals surface area contributed by atoms with Crippen molar-refractivity contribution in [3.63, 3.8) is 0 Å². The number of benzene rings is 3. The molecule has 9 atom stereocenters. The number of aliphatic hydroxyl groups is 4. The fourth-order valence-corrected chi connectivity index (χ4v) is 23.9. The molecular formula is C104H109Cl5F5N21O11S3. The maximum absolute atomic E-state index is 14.8. The van der Waals surface area contributed by atoms with Gasteiger partial charge in [-0.2, -0.15) is 9.97 Å². The maximum atomic E-state index is 14.8. The summed E-state index contributed by atoms with van der Waals surface area (Å²) in [6.07, 6.45) is 35.5. The fourth-order valence-electron chi connectivity index (χ4n) is 19.2. The third-order valence-electron chi connectivity index (χ3n) is 26.4. The van der Waals surface area contributed by atoms with Gasteiger partial charge < -0.3 is 47.0 Å². The second-order valence-electron chi connectivity index (χ2n) is 38.0. The number of nitrogens with zero attached hydrogens (tertiary/aromatic N) is 16. The Morgan fingerprint density at radius 1 is 0.362 bits per heavy atom. The average Bonchev–Trinajstić information content (AvgIpc) is 1.60. The Balaban J connectivity index is 0.000000144. The molecule has 3 aromatic carbocycles. The standard InChI is InChI=1S/3C27H27ClFN5O3S.C13H17ClFN3O.C10H11ClFN3O/c3*1-3-10-27(35)11-4-5-19(13-27)32-25-23(29)15-30-24(33-25)22-16-34(26-21(22)12-18(28)14-31-26)38(36,37)20-8-6-17(2)7-9-20;1-2-5-13(19)6-3-4-9(7-13)17-11-10(15)8-16-12(14)18-11;11-10-13-5-8(12)9(15-10)14-6-2-1-3-7(16)4-6/h3*3,6-9,12,14-16,19,35H,1,4-5,10-11,13H2,2H3,(H,30,32,33);2,8-9,19H,1,3-7H2,(H,16,17,18);5-6H,1-4H2,(H,13,14,15)/t3*19?,27-;;/m110../s1. The van der Waals surface area contributed by atoms with Crippen LogP contribution in [0.5, 0.6) is 0 Å². The van der Waals surface area contributed by atoms with Crippen molar-refractivity contribution in [2.75, 3.05) is 26.6 Å². The highest BCUT2D eigenvalue weighted by Crippen LogP contribution is 2.43. The Hall–Kier alpha value is -12.5. The lowest BCUT2D eigenvalue weighted by molar-refractivity contribution is -0.120. The van der Waals surface area contributed by atoms with Crippen LogP contribution in [0.3, 0.4) is 0 Å². The van der Waals surface area contributed by atoms with E-state index in [0.29, 0.717) is 131 Å². The van der Waals surface area contributed by atoms with Crippen LogP contribution in [0.4, 0.5) is 51.0 Å². The predicted octanol–water partition coefficient (Wildman–Crippen LogP) is 21.6. The number of ketones is 1. The molecule has 14 aromatic rings. The van der Waals surface area contributed by atoms with Crippen molar-refractivity contribution < 1.29 is 72.4 Å². The molecule has 149 heavy (non-hydrogen) atoms. The Labute approximate surface area is 883 Å². The first-order valence-corrected chi connectivity index (χ1v) is 54.3. The maximum Gasteiger partial charge on any atom is 0.269 e. The number of aryl methyl sites for hydroxylation is 3. The molecule has 32 nitrogen and oxygen atoms in total. The lowest BCUT2D eigenvalue weighted by Crippen LogP contribution is -2.40. The second-order valence-corrected chi connectivity index (χ2v) is 45.4. The number of fused-ring (bicyclic) bond motifs is 3. The molecule has 45 heteroatoms. The molecule has 0 amide bonds. The SMILES string of the molecule is C=CCC1(O)CCCC(Nc2nc(Cl)ncc2F)C1.C=CC[C@@]1(O)CCCC(Nc2nc(-c3cn(S(=O)(=O)c4ccc(C)cc4)c4ncc(Cl)cc34)ncc2F)C1.C=CC[C@@]1(O)CCCC(Nc2nc(-c3cn(S(=O)(=O)c4ccc(C)cc4)c4ncc(Cl)cc34)ncc2F)C1.C=CC[C@]1(O)CCCC(Nc2nc(-c3cn(S(=O)(=O)c4ccc(C)cc4)c4ncc(Cl)cc34)ncc2F)C1.O=C1CCCC(Nc2nc(Cl)ncc2F)C1. The highest BCUT2D eigenvalue weighted by molar-refractivity contribution is 7.90. The topological polar surface area (TPSA) is 443 Å². The molecular weight excluding hydrogens is 2090 g/mol. The van der Waals surface area contributed by atoms with Crippen LogP contribution in [0, 0.1) is 49.9 Å². The summed E-state index contributed by atoms with van der Waals surface area (Å²) < 4.78 is 156. The van der Waals surface area contributed by atoms with E-state index in [2.05, 4.69) is 118 Å². The van der Waals surface area contributed by atoms with Crippen molar-refractivity contribution in [2.24, 2.45) is 0 Å². The van der Waals surface area contributed by atoms with Gasteiger partial charge in [0.25, 0.3) is 30.1 Å². The van der Waals surface area contributed by atoms with Crippen LogP contribution in [-0.2, 0) is 34.9 Å². The van der Waals surface area contributed by atoms with E-state index in [1.54, 1.807) is 78.9 Å².